The number of halogens is 3. The highest BCUT2D eigenvalue weighted by molar-refractivity contribution is 8.09. The summed E-state index contributed by atoms with van der Waals surface area (Å²) in [6.07, 6.45) is 0. The van der Waals surface area contributed by atoms with E-state index in [0.29, 0.717) is 0 Å². The number of fused-ring (bicyclic) bond motifs is 12. The third-order valence-electron chi connectivity index (χ3n) is 7.77. The molecule has 4 aromatic carbocycles. The summed E-state index contributed by atoms with van der Waals surface area (Å²) in [7, 11) is 0. The third-order valence-corrected chi connectivity index (χ3v) is 10.1. The summed E-state index contributed by atoms with van der Waals surface area (Å²) in [6.45, 7) is 0. The first-order valence-corrected chi connectivity index (χ1v) is 13.3. The van der Waals surface area contributed by atoms with Crippen molar-refractivity contribution < 1.29 is 4.74 Å². The van der Waals surface area contributed by atoms with E-state index in [4.69, 9.17) is 44.5 Å². The summed E-state index contributed by atoms with van der Waals surface area (Å²) < 4.78 is 4.60. The Morgan fingerprint density at radius 2 is 1.00 bits per heavy atom. The second-order valence-electron chi connectivity index (χ2n) is 9.31. The number of alkyl halides is 3. The van der Waals surface area contributed by atoms with E-state index >= 15 is 0 Å². The van der Waals surface area contributed by atoms with Crippen molar-refractivity contribution in [2.45, 2.75) is 19.0 Å². The lowest BCUT2D eigenvalue weighted by Gasteiger charge is -2.34. The van der Waals surface area contributed by atoms with Gasteiger partial charge < -0.3 is 4.74 Å². The van der Waals surface area contributed by atoms with Crippen molar-refractivity contribution in [3.8, 4) is 22.3 Å². The number of nitrogens with zero attached hydrogens (tertiary/aromatic N) is 1. The molecule has 2 aliphatic carbocycles. The Morgan fingerprint density at radius 1 is 0.600 bits per heavy atom. The van der Waals surface area contributed by atoms with Crippen molar-refractivity contribution >= 4 is 52.5 Å². The maximum atomic E-state index is 6.86. The van der Waals surface area contributed by atoms with E-state index in [1.807, 2.05) is 12.1 Å². The molecule has 0 unspecified atom stereocenters. The fourth-order valence-corrected chi connectivity index (χ4v) is 8.69. The number of hydrogen-bond donors (Lipinski definition) is 0. The third kappa shape index (κ3) is 2.22. The van der Waals surface area contributed by atoms with Crippen LogP contribution in [0.25, 0.3) is 22.3 Å². The fraction of sp³-hybridized carbons (Fsp3) is 0.138. The molecule has 0 N–H and O–H groups in total. The summed E-state index contributed by atoms with van der Waals surface area (Å²) in [4.78, 5) is 4.46. The van der Waals surface area contributed by atoms with Crippen molar-refractivity contribution in [1.29, 1.82) is 0 Å². The number of aliphatic imine (C=N–C) groups is 1. The largest absolute Gasteiger partial charge is 0.458 e. The molecule has 1 saturated heterocycles. The molecule has 170 valence electrons. The first-order chi connectivity index (χ1) is 16.9. The van der Waals surface area contributed by atoms with E-state index in [0.717, 1.165) is 22.3 Å². The zero-order chi connectivity index (χ0) is 23.6. The Kier molecular flexibility index (Phi) is 3.83. The van der Waals surface area contributed by atoms with Crippen molar-refractivity contribution in [1.82, 2.24) is 0 Å². The Morgan fingerprint density at radius 3 is 1.46 bits per heavy atom. The molecule has 0 bridgehead atoms. The molecule has 4 aliphatic rings. The number of thioether (sulfide) groups is 1. The van der Waals surface area contributed by atoms with Gasteiger partial charge in [-0.05, 0) is 33.4 Å². The summed E-state index contributed by atoms with van der Waals surface area (Å²) in [6, 6.07) is 33.9. The highest BCUT2D eigenvalue weighted by atomic mass is 35.6. The quantitative estimate of drug-likeness (QED) is 0.169. The van der Waals surface area contributed by atoms with Crippen molar-refractivity contribution in [3.63, 3.8) is 0 Å². The summed E-state index contributed by atoms with van der Waals surface area (Å²) in [5.41, 5.74) is 8.33. The van der Waals surface area contributed by atoms with Gasteiger partial charge in [-0.25, -0.2) is 4.99 Å². The van der Waals surface area contributed by atoms with E-state index in [1.165, 1.54) is 22.3 Å². The van der Waals surface area contributed by atoms with Crippen molar-refractivity contribution in [2.24, 2.45) is 4.99 Å². The number of ether oxygens (including phenoxy) is 1. The molecule has 8 rings (SSSR count). The van der Waals surface area contributed by atoms with E-state index < -0.39 is 19.0 Å². The van der Waals surface area contributed by atoms with Crippen LogP contribution in [0.2, 0.25) is 0 Å². The van der Waals surface area contributed by atoms with Crippen molar-refractivity contribution in [3.05, 3.63) is 119 Å². The fourth-order valence-electron chi connectivity index (χ4n) is 6.54. The zero-order valence-corrected chi connectivity index (χ0v) is 21.2. The van der Waals surface area contributed by atoms with E-state index in [1.54, 1.807) is 11.8 Å². The molecule has 2 heterocycles. The predicted molar refractivity (Wildman–Crippen MR) is 144 cm³/mol. The van der Waals surface area contributed by atoms with Gasteiger partial charge in [0.25, 0.3) is 3.79 Å². The molecule has 1 atom stereocenters. The minimum absolute atomic E-state index is 0.139. The molecule has 3 spiro atoms. The van der Waals surface area contributed by atoms with Crippen molar-refractivity contribution in [2.75, 3.05) is 0 Å². The highest BCUT2D eigenvalue weighted by Crippen LogP contribution is 2.86. The van der Waals surface area contributed by atoms with Gasteiger partial charge in [0.2, 0.25) is 5.90 Å². The van der Waals surface area contributed by atoms with Gasteiger partial charge in [0.1, 0.15) is 4.75 Å². The number of benzene rings is 4. The van der Waals surface area contributed by atoms with Crippen LogP contribution in [0.3, 0.4) is 0 Å². The molecular formula is C29H16Cl3NOS. The zero-order valence-electron chi connectivity index (χ0n) is 18.1. The van der Waals surface area contributed by atoms with Gasteiger partial charge in [-0.3, -0.25) is 0 Å². The van der Waals surface area contributed by atoms with Gasteiger partial charge in [0.15, 0.2) is 10.5 Å². The molecule has 2 nitrogen and oxygen atoms in total. The summed E-state index contributed by atoms with van der Waals surface area (Å²) in [5, 5.41) is 0. The lowest BCUT2D eigenvalue weighted by Crippen LogP contribution is -2.44. The monoisotopic (exact) mass is 531 g/mol. The normalized spacial score (nSPS) is 23.0. The molecule has 35 heavy (non-hydrogen) atoms. The molecule has 2 aliphatic heterocycles. The van der Waals surface area contributed by atoms with Gasteiger partial charge >= 0.3 is 0 Å². The Bertz CT molecular complexity index is 1530. The molecule has 0 saturated carbocycles. The summed E-state index contributed by atoms with van der Waals surface area (Å²) in [5.74, 6) is 0.139. The molecule has 6 heteroatoms. The Balaban J connectivity index is 1.51. The van der Waals surface area contributed by atoms with Crippen LogP contribution in [-0.2, 0) is 15.1 Å². The first-order valence-electron chi connectivity index (χ1n) is 11.4. The Labute approximate surface area is 221 Å². The lowest BCUT2D eigenvalue weighted by molar-refractivity contribution is 0.0920. The smallest absolute Gasteiger partial charge is 0.266 e. The lowest BCUT2D eigenvalue weighted by atomic mass is 9.75. The van der Waals surface area contributed by atoms with Gasteiger partial charge in [-0.2, -0.15) is 0 Å². The second kappa shape index (κ2) is 6.46. The molecule has 4 aromatic rings. The molecule has 0 aromatic heterocycles. The summed E-state index contributed by atoms with van der Waals surface area (Å²) >= 11 is 21.2. The average molecular weight is 533 g/mol. The topological polar surface area (TPSA) is 21.6 Å². The Hall–Kier alpha value is -2.43. The minimum atomic E-state index is -1.79. The number of rotatable bonds is 0. The second-order valence-corrected chi connectivity index (χ2v) is 13.0. The first kappa shape index (κ1) is 20.7. The van der Waals surface area contributed by atoms with Gasteiger partial charge in [0.05, 0.1) is 0 Å². The van der Waals surface area contributed by atoms with E-state index in [9.17, 15) is 0 Å². The maximum absolute atomic E-state index is 6.86. The van der Waals surface area contributed by atoms with E-state index in [-0.39, 0.29) is 5.90 Å². The number of hydrogen-bond acceptors (Lipinski definition) is 3. The van der Waals surface area contributed by atoms with Crippen LogP contribution in [0.15, 0.2) is 102 Å². The van der Waals surface area contributed by atoms with Gasteiger partial charge in [0, 0.05) is 11.1 Å². The minimum Gasteiger partial charge on any atom is -0.458 e. The van der Waals surface area contributed by atoms with Crippen LogP contribution in [-0.4, -0.2) is 14.6 Å². The van der Waals surface area contributed by atoms with Crippen LogP contribution < -0.4 is 0 Å². The van der Waals surface area contributed by atoms with E-state index in [2.05, 4.69) is 84.9 Å². The highest BCUT2D eigenvalue weighted by Gasteiger charge is 2.87. The van der Waals surface area contributed by atoms with Crippen LogP contribution in [0.4, 0.5) is 0 Å². The van der Waals surface area contributed by atoms with Gasteiger partial charge in [-0.1, -0.05) is 132 Å². The maximum Gasteiger partial charge on any atom is 0.266 e. The SMILES string of the molecule is ClC(Cl)(Cl)C1=N[C@]2(SC23c2ccccc2-c2ccccc23)C2(O1)c1ccccc1-c1ccccc12. The van der Waals surface area contributed by atoms with Crippen LogP contribution in [0, 0.1) is 0 Å². The van der Waals surface area contributed by atoms with Gasteiger partial charge in [-0.15, -0.1) is 11.8 Å². The van der Waals surface area contributed by atoms with Crippen LogP contribution in [0.1, 0.15) is 22.3 Å². The molecule has 0 amide bonds. The predicted octanol–water partition coefficient (Wildman–Crippen LogP) is 8.08. The molecule has 0 radical (unpaired) electrons. The standard InChI is InChI=1S/C29H16Cl3NOS/c30-28(31,32)25-33-29(26(34-25)21-13-5-1-9-17(21)18-10-2-6-14-22(18)26)27(35-29)23-15-7-3-11-19(23)20-12-4-8-16-24(20)27/h1-16H/t29-/m0/s1. The molecular weight excluding hydrogens is 517 g/mol. The molecule has 1 fully saturated rings. The van der Waals surface area contributed by atoms with Crippen LogP contribution in [0.5, 0.6) is 0 Å². The van der Waals surface area contributed by atoms with Crippen LogP contribution >= 0.6 is 46.6 Å². The average Bonchev–Trinajstić information content (AvgIpc) is 3.13.